The van der Waals surface area contributed by atoms with Crippen molar-refractivity contribution in [2.45, 2.75) is 12.5 Å². The molecule has 0 aliphatic carbocycles. The lowest BCUT2D eigenvalue weighted by atomic mass is 10.1. The van der Waals surface area contributed by atoms with Gasteiger partial charge in [-0.1, -0.05) is 11.6 Å². The van der Waals surface area contributed by atoms with Crippen LogP contribution in [0.25, 0.3) is 0 Å². The fraction of sp³-hybridized carbons (Fsp3) is 0.333. The number of carbonyl (C=O) groups excluding carboxylic acids is 1. The van der Waals surface area contributed by atoms with Crippen LogP contribution in [0, 0.1) is 3.57 Å². The zero-order valence-electron chi connectivity index (χ0n) is 10.5. The van der Waals surface area contributed by atoms with Crippen molar-refractivity contribution in [3.63, 3.8) is 0 Å². The molecule has 8 heteroatoms. The molecule has 6 nitrogen and oxygen atoms in total. The van der Waals surface area contributed by atoms with E-state index in [1.807, 2.05) is 22.6 Å². The van der Waals surface area contributed by atoms with Crippen molar-refractivity contribution >= 4 is 46.1 Å². The Morgan fingerprint density at radius 3 is 2.65 bits per heavy atom. The summed E-state index contributed by atoms with van der Waals surface area (Å²) in [5, 5.41) is 20.4. The van der Waals surface area contributed by atoms with Crippen LogP contribution < -0.4 is 10.1 Å². The molecular formula is C12H13ClINO5. The van der Waals surface area contributed by atoms with Crippen LogP contribution in [0.15, 0.2) is 12.1 Å². The van der Waals surface area contributed by atoms with Gasteiger partial charge in [-0.15, -0.1) is 0 Å². The number of benzene rings is 1. The van der Waals surface area contributed by atoms with Crippen LogP contribution >= 0.6 is 34.2 Å². The van der Waals surface area contributed by atoms with Crippen molar-refractivity contribution in [1.29, 1.82) is 0 Å². The Labute approximate surface area is 134 Å². The number of carboxylic acids is 1. The fourth-order valence-electron chi connectivity index (χ4n) is 1.50. The zero-order chi connectivity index (χ0) is 15.3. The monoisotopic (exact) mass is 413 g/mol. The van der Waals surface area contributed by atoms with Crippen LogP contribution in [0.1, 0.15) is 16.8 Å². The Kier molecular flexibility index (Phi) is 6.50. The first-order valence-electron chi connectivity index (χ1n) is 5.58. The first-order valence-corrected chi connectivity index (χ1v) is 7.04. The second-order valence-corrected chi connectivity index (χ2v) is 5.41. The van der Waals surface area contributed by atoms with Gasteiger partial charge >= 0.3 is 5.97 Å². The van der Waals surface area contributed by atoms with E-state index in [9.17, 15) is 9.59 Å². The summed E-state index contributed by atoms with van der Waals surface area (Å²) in [6, 6.07) is 1.82. The molecule has 0 aliphatic rings. The van der Waals surface area contributed by atoms with Gasteiger partial charge in [0.2, 0.25) is 0 Å². The van der Waals surface area contributed by atoms with Crippen molar-refractivity contribution in [3.8, 4) is 5.75 Å². The van der Waals surface area contributed by atoms with E-state index in [0.717, 1.165) is 0 Å². The largest absolute Gasteiger partial charge is 0.496 e. The highest BCUT2D eigenvalue weighted by molar-refractivity contribution is 14.1. The molecule has 0 saturated heterocycles. The van der Waals surface area contributed by atoms with Crippen molar-refractivity contribution < 1.29 is 24.5 Å². The first kappa shape index (κ1) is 17.0. The topological polar surface area (TPSA) is 95.9 Å². The summed E-state index contributed by atoms with van der Waals surface area (Å²) >= 11 is 7.94. The molecule has 0 aromatic heterocycles. The van der Waals surface area contributed by atoms with Crippen LogP contribution in [-0.2, 0) is 4.79 Å². The summed E-state index contributed by atoms with van der Waals surface area (Å²) in [5.74, 6) is -1.55. The minimum absolute atomic E-state index is 0.0819. The predicted molar refractivity (Wildman–Crippen MR) is 81.3 cm³/mol. The molecule has 0 radical (unpaired) electrons. The molecule has 1 atom stereocenters. The number of hydrogen-bond acceptors (Lipinski definition) is 4. The maximum atomic E-state index is 12.1. The number of methoxy groups -OCH3 is 1. The SMILES string of the molecule is COc1cc(I)c(Cl)cc1C(=O)N[C@H](CCO)C(=O)O. The van der Waals surface area contributed by atoms with Gasteiger partial charge in [-0.2, -0.15) is 0 Å². The molecule has 1 aromatic carbocycles. The van der Waals surface area contributed by atoms with Crippen molar-refractivity contribution in [3.05, 3.63) is 26.3 Å². The average Bonchev–Trinajstić information content (AvgIpc) is 2.40. The zero-order valence-corrected chi connectivity index (χ0v) is 13.4. The van der Waals surface area contributed by atoms with Gasteiger partial charge in [0.05, 0.1) is 17.7 Å². The number of aliphatic hydroxyl groups excluding tert-OH is 1. The minimum atomic E-state index is -1.22. The Bertz CT molecular complexity index is 523. The summed E-state index contributed by atoms with van der Waals surface area (Å²) in [7, 11) is 1.40. The van der Waals surface area contributed by atoms with Crippen LogP contribution in [-0.4, -0.2) is 41.8 Å². The standard InChI is InChI=1S/C12H13ClINO5/c1-20-10-5-8(14)7(13)4-6(10)11(17)15-9(2-3-16)12(18)19/h4-5,9,16H,2-3H2,1H3,(H,15,17)(H,18,19)/t9-/m1/s1. The molecule has 20 heavy (non-hydrogen) atoms. The molecule has 1 aromatic rings. The Morgan fingerprint density at radius 2 is 2.15 bits per heavy atom. The fourth-order valence-corrected chi connectivity index (χ4v) is 2.10. The summed E-state index contributed by atoms with van der Waals surface area (Å²) in [5.41, 5.74) is 0.141. The maximum absolute atomic E-state index is 12.1. The lowest BCUT2D eigenvalue weighted by Gasteiger charge is -2.15. The molecule has 0 fully saturated rings. The van der Waals surface area contributed by atoms with Crippen molar-refractivity contribution in [2.24, 2.45) is 0 Å². The normalized spacial score (nSPS) is 11.8. The molecule has 0 unspecified atom stereocenters. The van der Waals surface area contributed by atoms with Crippen LogP contribution in [0.5, 0.6) is 5.75 Å². The smallest absolute Gasteiger partial charge is 0.326 e. The minimum Gasteiger partial charge on any atom is -0.496 e. The van der Waals surface area contributed by atoms with Gasteiger partial charge in [0, 0.05) is 16.6 Å². The second kappa shape index (κ2) is 7.65. The summed E-state index contributed by atoms with van der Waals surface area (Å²) in [6.45, 7) is -0.345. The molecule has 0 saturated carbocycles. The van der Waals surface area contributed by atoms with Gasteiger partial charge in [0.15, 0.2) is 0 Å². The Balaban J connectivity index is 3.02. The van der Waals surface area contributed by atoms with E-state index in [-0.39, 0.29) is 18.6 Å². The van der Waals surface area contributed by atoms with E-state index in [0.29, 0.717) is 14.3 Å². The van der Waals surface area contributed by atoms with E-state index >= 15 is 0 Å². The van der Waals surface area contributed by atoms with Gasteiger partial charge < -0.3 is 20.3 Å². The number of halogens is 2. The molecule has 1 amide bonds. The maximum Gasteiger partial charge on any atom is 0.326 e. The molecular weight excluding hydrogens is 400 g/mol. The van der Waals surface area contributed by atoms with Gasteiger partial charge in [0.25, 0.3) is 5.91 Å². The van der Waals surface area contributed by atoms with E-state index in [1.165, 1.54) is 13.2 Å². The number of ether oxygens (including phenoxy) is 1. The van der Waals surface area contributed by atoms with E-state index in [1.54, 1.807) is 6.07 Å². The molecule has 0 heterocycles. The number of carbonyl (C=O) groups is 2. The Morgan fingerprint density at radius 1 is 1.50 bits per heavy atom. The molecule has 0 aliphatic heterocycles. The second-order valence-electron chi connectivity index (χ2n) is 3.84. The van der Waals surface area contributed by atoms with E-state index < -0.39 is 17.9 Å². The molecule has 3 N–H and O–H groups in total. The third-order valence-electron chi connectivity index (χ3n) is 2.51. The molecule has 110 valence electrons. The number of rotatable bonds is 6. The highest BCUT2D eigenvalue weighted by Gasteiger charge is 2.22. The summed E-state index contributed by atoms with van der Waals surface area (Å²) in [4.78, 5) is 23.0. The van der Waals surface area contributed by atoms with E-state index in [4.69, 9.17) is 26.6 Å². The molecule has 0 spiro atoms. The highest BCUT2D eigenvalue weighted by atomic mass is 127. The molecule has 0 bridgehead atoms. The average molecular weight is 414 g/mol. The summed E-state index contributed by atoms with van der Waals surface area (Å²) in [6.07, 6.45) is -0.0819. The Hall–Kier alpha value is -1.06. The van der Waals surface area contributed by atoms with E-state index in [2.05, 4.69) is 5.32 Å². The third-order valence-corrected chi connectivity index (χ3v) is 4.03. The van der Waals surface area contributed by atoms with Crippen molar-refractivity contribution in [1.82, 2.24) is 5.32 Å². The number of carboxylic acid groups (broad SMARTS) is 1. The number of aliphatic hydroxyl groups is 1. The van der Waals surface area contributed by atoms with Gasteiger partial charge in [-0.3, -0.25) is 4.79 Å². The third kappa shape index (κ3) is 4.22. The lowest BCUT2D eigenvalue weighted by Crippen LogP contribution is -2.41. The quantitative estimate of drug-likeness (QED) is 0.615. The predicted octanol–water partition coefficient (Wildman–Crippen LogP) is 1.52. The van der Waals surface area contributed by atoms with Gasteiger partial charge in [-0.25, -0.2) is 4.79 Å². The van der Waals surface area contributed by atoms with Crippen LogP contribution in [0.2, 0.25) is 5.02 Å². The first-order chi connectivity index (χ1) is 9.40. The summed E-state index contributed by atoms with van der Waals surface area (Å²) < 4.78 is 5.79. The van der Waals surface area contributed by atoms with Crippen LogP contribution in [0.3, 0.4) is 0 Å². The van der Waals surface area contributed by atoms with Crippen molar-refractivity contribution in [2.75, 3.05) is 13.7 Å². The number of nitrogens with one attached hydrogen (secondary N) is 1. The number of amides is 1. The number of hydrogen-bond donors (Lipinski definition) is 3. The highest BCUT2D eigenvalue weighted by Crippen LogP contribution is 2.28. The van der Waals surface area contributed by atoms with Crippen LogP contribution in [0.4, 0.5) is 0 Å². The van der Waals surface area contributed by atoms with Gasteiger partial charge in [0.1, 0.15) is 11.8 Å². The van der Waals surface area contributed by atoms with Gasteiger partial charge in [-0.05, 0) is 34.7 Å². The molecule has 1 rings (SSSR count). The lowest BCUT2D eigenvalue weighted by molar-refractivity contribution is -0.139. The number of aliphatic carboxylic acids is 1.